The average molecular weight is 155 g/mol. The molecule has 0 saturated heterocycles. The highest BCUT2D eigenvalue weighted by atomic mass is 19.1. The van der Waals surface area contributed by atoms with Crippen LogP contribution in [0.1, 0.15) is 39.0 Å². The van der Waals surface area contributed by atoms with Crippen molar-refractivity contribution in [3.8, 4) is 6.07 Å². The first kappa shape index (κ1) is 8.52. The molecule has 0 spiro atoms. The largest absolute Gasteiger partial charge is 0.244 e. The molecule has 0 radical (unpaired) electrons. The summed E-state index contributed by atoms with van der Waals surface area (Å²) in [5, 5.41) is 8.40. The predicted molar refractivity (Wildman–Crippen MR) is 41.7 cm³/mol. The van der Waals surface area contributed by atoms with Crippen molar-refractivity contribution in [1.29, 1.82) is 5.26 Å². The third-order valence-corrected chi connectivity index (χ3v) is 2.53. The van der Waals surface area contributed by atoms with E-state index in [1.807, 2.05) is 0 Å². The molecule has 0 aliphatic heterocycles. The molecule has 62 valence electrons. The van der Waals surface area contributed by atoms with E-state index in [2.05, 4.69) is 6.07 Å². The van der Waals surface area contributed by atoms with Gasteiger partial charge in [0.25, 0.3) is 0 Å². The molecule has 0 N–H and O–H groups in total. The maximum Gasteiger partial charge on any atom is 0.108 e. The molecule has 1 aliphatic rings. The Balaban J connectivity index is 2.32. The Bertz CT molecular complexity index is 159. The van der Waals surface area contributed by atoms with Crippen LogP contribution in [0, 0.1) is 17.2 Å². The average Bonchev–Trinajstić information content (AvgIpc) is 1.94. The number of hydrogen-bond donors (Lipinski definition) is 0. The van der Waals surface area contributed by atoms with Crippen molar-refractivity contribution < 1.29 is 4.39 Å². The van der Waals surface area contributed by atoms with Gasteiger partial charge in [-0.1, -0.05) is 0 Å². The minimum Gasteiger partial charge on any atom is -0.244 e. The molecular formula is C9H14FN. The topological polar surface area (TPSA) is 23.8 Å². The number of nitriles is 1. The van der Waals surface area contributed by atoms with Crippen molar-refractivity contribution in [1.82, 2.24) is 0 Å². The van der Waals surface area contributed by atoms with Crippen LogP contribution in [0.25, 0.3) is 0 Å². The third kappa shape index (κ3) is 2.49. The number of hydrogen-bond acceptors (Lipinski definition) is 1. The predicted octanol–water partition coefficient (Wildman–Crippen LogP) is 2.82. The standard InChI is InChI=1S/C9H14FN/c1-9(10)5-2-8(3-6-9)4-7-11/h8H,2-6H2,1H3. The van der Waals surface area contributed by atoms with E-state index in [-0.39, 0.29) is 0 Å². The molecule has 1 rings (SSSR count). The van der Waals surface area contributed by atoms with Crippen LogP contribution in [0.5, 0.6) is 0 Å². The summed E-state index contributed by atoms with van der Waals surface area (Å²) in [6, 6.07) is 2.14. The maximum atomic E-state index is 13.2. The Morgan fingerprint density at radius 3 is 2.55 bits per heavy atom. The second-order valence-electron chi connectivity index (χ2n) is 3.72. The van der Waals surface area contributed by atoms with Gasteiger partial charge in [-0.2, -0.15) is 5.26 Å². The lowest BCUT2D eigenvalue weighted by Crippen LogP contribution is -2.25. The molecule has 11 heavy (non-hydrogen) atoms. The van der Waals surface area contributed by atoms with E-state index in [1.54, 1.807) is 6.92 Å². The van der Waals surface area contributed by atoms with Crippen molar-refractivity contribution in [2.24, 2.45) is 5.92 Å². The van der Waals surface area contributed by atoms with E-state index < -0.39 is 5.67 Å². The van der Waals surface area contributed by atoms with E-state index in [0.717, 1.165) is 12.8 Å². The summed E-state index contributed by atoms with van der Waals surface area (Å²) in [6.07, 6.45) is 3.66. The first-order valence-corrected chi connectivity index (χ1v) is 4.20. The smallest absolute Gasteiger partial charge is 0.108 e. The fraction of sp³-hybridized carbons (Fsp3) is 0.889. The Hall–Kier alpha value is -0.580. The number of halogens is 1. The van der Waals surface area contributed by atoms with Gasteiger partial charge < -0.3 is 0 Å². The molecule has 1 aliphatic carbocycles. The van der Waals surface area contributed by atoms with Crippen molar-refractivity contribution in [2.75, 3.05) is 0 Å². The summed E-state index contributed by atoms with van der Waals surface area (Å²) in [6.45, 7) is 1.66. The third-order valence-electron chi connectivity index (χ3n) is 2.53. The van der Waals surface area contributed by atoms with Crippen LogP contribution in [-0.4, -0.2) is 5.67 Å². The Morgan fingerprint density at radius 2 is 2.09 bits per heavy atom. The molecule has 0 unspecified atom stereocenters. The SMILES string of the molecule is CC1(F)CCC(CC#N)CC1. The zero-order valence-electron chi connectivity index (χ0n) is 6.94. The minimum atomic E-state index is -0.952. The zero-order chi connectivity index (χ0) is 8.32. The fourth-order valence-corrected chi connectivity index (χ4v) is 1.61. The van der Waals surface area contributed by atoms with Gasteiger partial charge in [0.15, 0.2) is 0 Å². The number of alkyl halides is 1. The molecule has 1 saturated carbocycles. The fourth-order valence-electron chi connectivity index (χ4n) is 1.61. The molecule has 1 fully saturated rings. The second-order valence-corrected chi connectivity index (χ2v) is 3.72. The van der Waals surface area contributed by atoms with E-state index in [9.17, 15) is 4.39 Å². The Kier molecular flexibility index (Phi) is 2.49. The lowest BCUT2D eigenvalue weighted by Gasteiger charge is -2.29. The van der Waals surface area contributed by atoms with Crippen molar-refractivity contribution >= 4 is 0 Å². The monoisotopic (exact) mass is 155 g/mol. The van der Waals surface area contributed by atoms with E-state index in [0.29, 0.717) is 25.2 Å². The molecule has 1 nitrogen and oxygen atoms in total. The van der Waals surface area contributed by atoms with E-state index >= 15 is 0 Å². The van der Waals surface area contributed by atoms with E-state index in [1.165, 1.54) is 0 Å². The van der Waals surface area contributed by atoms with Crippen LogP contribution in [0.4, 0.5) is 4.39 Å². The lowest BCUT2D eigenvalue weighted by molar-refractivity contribution is 0.104. The van der Waals surface area contributed by atoms with Gasteiger partial charge in [0.2, 0.25) is 0 Å². The minimum absolute atomic E-state index is 0.462. The summed E-state index contributed by atoms with van der Waals surface area (Å²) in [5.74, 6) is 0.462. The van der Waals surface area contributed by atoms with Crippen LogP contribution in [-0.2, 0) is 0 Å². The van der Waals surface area contributed by atoms with Crippen LogP contribution in [0.15, 0.2) is 0 Å². The maximum absolute atomic E-state index is 13.2. The molecule has 0 aromatic heterocycles. The quantitative estimate of drug-likeness (QED) is 0.571. The van der Waals surface area contributed by atoms with Gasteiger partial charge in [-0.15, -0.1) is 0 Å². The first-order chi connectivity index (χ1) is 5.14. The van der Waals surface area contributed by atoms with Crippen LogP contribution in [0.2, 0.25) is 0 Å². The summed E-state index contributed by atoms with van der Waals surface area (Å²) < 4.78 is 13.2. The normalized spacial score (nSPS) is 38.1. The molecule has 0 aromatic carbocycles. The molecule has 0 atom stereocenters. The first-order valence-electron chi connectivity index (χ1n) is 4.20. The summed E-state index contributed by atoms with van der Waals surface area (Å²) in [5.41, 5.74) is -0.952. The van der Waals surface area contributed by atoms with Gasteiger partial charge in [0.1, 0.15) is 5.67 Å². The molecular weight excluding hydrogens is 141 g/mol. The second kappa shape index (κ2) is 3.21. The van der Waals surface area contributed by atoms with Crippen LogP contribution < -0.4 is 0 Å². The van der Waals surface area contributed by atoms with Gasteiger partial charge in [-0.05, 0) is 38.5 Å². The highest BCUT2D eigenvalue weighted by Crippen LogP contribution is 2.35. The molecule has 0 heterocycles. The number of nitrogens with zero attached hydrogens (tertiary/aromatic N) is 1. The summed E-state index contributed by atoms with van der Waals surface area (Å²) in [7, 11) is 0. The van der Waals surface area contributed by atoms with Gasteiger partial charge in [-0.3, -0.25) is 0 Å². The number of rotatable bonds is 1. The van der Waals surface area contributed by atoms with Crippen LogP contribution in [0.3, 0.4) is 0 Å². The van der Waals surface area contributed by atoms with Gasteiger partial charge in [-0.25, -0.2) is 4.39 Å². The molecule has 0 aromatic rings. The van der Waals surface area contributed by atoms with Crippen LogP contribution >= 0.6 is 0 Å². The van der Waals surface area contributed by atoms with Crippen molar-refractivity contribution in [3.63, 3.8) is 0 Å². The van der Waals surface area contributed by atoms with E-state index in [4.69, 9.17) is 5.26 Å². The highest BCUT2D eigenvalue weighted by molar-refractivity contribution is 4.85. The van der Waals surface area contributed by atoms with Crippen molar-refractivity contribution in [2.45, 2.75) is 44.7 Å². The summed E-state index contributed by atoms with van der Waals surface area (Å²) in [4.78, 5) is 0. The van der Waals surface area contributed by atoms with Gasteiger partial charge in [0.05, 0.1) is 6.07 Å². The van der Waals surface area contributed by atoms with Gasteiger partial charge >= 0.3 is 0 Å². The molecule has 0 amide bonds. The van der Waals surface area contributed by atoms with Gasteiger partial charge in [0, 0.05) is 6.42 Å². The Morgan fingerprint density at radius 1 is 1.55 bits per heavy atom. The molecule has 2 heteroatoms. The Labute approximate surface area is 67.2 Å². The summed E-state index contributed by atoms with van der Waals surface area (Å²) >= 11 is 0. The van der Waals surface area contributed by atoms with Crippen molar-refractivity contribution in [3.05, 3.63) is 0 Å². The molecule has 0 bridgehead atoms. The highest BCUT2D eigenvalue weighted by Gasteiger charge is 2.30. The zero-order valence-corrected chi connectivity index (χ0v) is 6.94. The lowest BCUT2D eigenvalue weighted by atomic mass is 9.80.